The molecule has 0 aromatic carbocycles. The smallest absolute Gasteiger partial charge is 0.268 e. The van der Waals surface area contributed by atoms with Crippen molar-refractivity contribution in [1.82, 2.24) is 24.7 Å². The van der Waals surface area contributed by atoms with E-state index in [-0.39, 0.29) is 5.56 Å². The molecule has 0 atom stereocenters. The highest BCUT2D eigenvalue weighted by Crippen LogP contribution is 2.40. The van der Waals surface area contributed by atoms with Crippen molar-refractivity contribution in [2.75, 3.05) is 0 Å². The molecule has 1 N–H and O–H groups in total. The summed E-state index contributed by atoms with van der Waals surface area (Å²) in [4.78, 5) is 19.5. The van der Waals surface area contributed by atoms with Crippen LogP contribution in [0.2, 0.25) is 0 Å². The van der Waals surface area contributed by atoms with E-state index >= 15 is 0 Å². The standard InChI is InChI=1S/C17H15N5O2S2/c23-16-14-12(5-7-25-14)18-13(19-16)9-26-17-21-20-15(10-3-4-10)22(17)8-11-2-1-6-24-11/h1-2,5-7,10H,3-4,8-9H2,(H,18,19,23). The van der Waals surface area contributed by atoms with Crippen molar-refractivity contribution < 1.29 is 4.42 Å². The number of hydrogen-bond donors (Lipinski definition) is 1. The van der Waals surface area contributed by atoms with Gasteiger partial charge in [0.1, 0.15) is 22.1 Å². The summed E-state index contributed by atoms with van der Waals surface area (Å²) in [5, 5.41) is 11.5. The van der Waals surface area contributed by atoms with Gasteiger partial charge in [0, 0.05) is 5.92 Å². The molecule has 1 saturated carbocycles. The molecule has 1 aliphatic carbocycles. The summed E-state index contributed by atoms with van der Waals surface area (Å²) >= 11 is 2.93. The first-order chi connectivity index (χ1) is 12.8. The lowest BCUT2D eigenvalue weighted by Gasteiger charge is -2.08. The zero-order valence-corrected chi connectivity index (χ0v) is 15.3. The Morgan fingerprint density at radius 1 is 1.35 bits per heavy atom. The quantitative estimate of drug-likeness (QED) is 0.512. The zero-order valence-electron chi connectivity index (χ0n) is 13.7. The molecule has 4 aromatic rings. The fraction of sp³-hybridized carbons (Fsp3) is 0.294. The second-order valence-electron chi connectivity index (χ2n) is 6.22. The van der Waals surface area contributed by atoms with E-state index in [9.17, 15) is 4.79 Å². The van der Waals surface area contributed by atoms with Gasteiger partial charge in [-0.05, 0) is 36.4 Å². The average Bonchev–Trinajstić information content (AvgIpc) is 3.02. The third-order valence-corrected chi connectivity index (χ3v) is 6.16. The topological polar surface area (TPSA) is 89.6 Å². The molecule has 5 rings (SSSR count). The van der Waals surface area contributed by atoms with E-state index in [1.165, 1.54) is 23.1 Å². The summed E-state index contributed by atoms with van der Waals surface area (Å²) < 4.78 is 8.27. The SMILES string of the molecule is O=c1[nH]c(CSc2nnc(C3CC3)n2Cc2ccco2)nc2ccsc12. The molecule has 0 spiro atoms. The van der Waals surface area contributed by atoms with Crippen molar-refractivity contribution in [3.63, 3.8) is 0 Å². The van der Waals surface area contributed by atoms with E-state index in [0.717, 1.165) is 35.1 Å². The van der Waals surface area contributed by atoms with E-state index in [1.54, 1.807) is 6.26 Å². The monoisotopic (exact) mass is 385 g/mol. The number of thiophene rings is 1. The van der Waals surface area contributed by atoms with Crippen molar-refractivity contribution in [1.29, 1.82) is 0 Å². The summed E-state index contributed by atoms with van der Waals surface area (Å²) in [7, 11) is 0. The Morgan fingerprint density at radius 3 is 3.08 bits per heavy atom. The van der Waals surface area contributed by atoms with Gasteiger partial charge in [-0.15, -0.1) is 21.5 Å². The van der Waals surface area contributed by atoms with Crippen LogP contribution < -0.4 is 5.56 Å². The zero-order chi connectivity index (χ0) is 17.5. The highest BCUT2D eigenvalue weighted by atomic mass is 32.2. The Morgan fingerprint density at radius 2 is 2.27 bits per heavy atom. The van der Waals surface area contributed by atoms with Gasteiger partial charge in [0.05, 0.1) is 24.1 Å². The maximum atomic E-state index is 12.1. The molecule has 4 heterocycles. The molecule has 9 heteroatoms. The molecule has 1 fully saturated rings. The molecule has 0 unspecified atom stereocenters. The number of hydrogen-bond acceptors (Lipinski definition) is 7. The number of nitrogens with zero attached hydrogens (tertiary/aromatic N) is 4. The second kappa shape index (κ2) is 6.40. The van der Waals surface area contributed by atoms with E-state index < -0.39 is 0 Å². The maximum Gasteiger partial charge on any atom is 0.268 e. The van der Waals surface area contributed by atoms with E-state index in [1.807, 2.05) is 23.6 Å². The van der Waals surface area contributed by atoms with Crippen LogP contribution in [-0.2, 0) is 12.3 Å². The largest absolute Gasteiger partial charge is 0.467 e. The van der Waals surface area contributed by atoms with Gasteiger partial charge >= 0.3 is 0 Å². The van der Waals surface area contributed by atoms with Crippen molar-refractivity contribution in [3.05, 3.63) is 57.6 Å². The van der Waals surface area contributed by atoms with Crippen LogP contribution in [0.4, 0.5) is 0 Å². The molecule has 1 aliphatic rings. The van der Waals surface area contributed by atoms with Crippen LogP contribution >= 0.6 is 23.1 Å². The Balaban J connectivity index is 1.41. The summed E-state index contributed by atoms with van der Waals surface area (Å²) in [6.07, 6.45) is 3.99. The number of furan rings is 1. The first-order valence-corrected chi connectivity index (χ1v) is 10.2. The predicted octanol–water partition coefficient (Wildman–Crippen LogP) is 3.39. The van der Waals surface area contributed by atoms with E-state index in [0.29, 0.717) is 28.7 Å². The Kier molecular flexibility index (Phi) is 3.90. The van der Waals surface area contributed by atoms with Crippen LogP contribution in [0, 0.1) is 0 Å². The maximum absolute atomic E-state index is 12.1. The number of nitrogens with one attached hydrogen (secondary N) is 1. The average molecular weight is 385 g/mol. The summed E-state index contributed by atoms with van der Waals surface area (Å²) in [5.41, 5.74) is 0.654. The van der Waals surface area contributed by atoms with Gasteiger partial charge in [-0.1, -0.05) is 11.8 Å². The lowest BCUT2D eigenvalue weighted by Crippen LogP contribution is -2.10. The number of rotatable bonds is 6. The van der Waals surface area contributed by atoms with E-state index in [4.69, 9.17) is 4.42 Å². The number of fused-ring (bicyclic) bond motifs is 1. The molecule has 0 radical (unpaired) electrons. The third kappa shape index (κ3) is 2.97. The van der Waals surface area contributed by atoms with E-state index in [2.05, 4.69) is 24.7 Å². The molecule has 0 amide bonds. The molecule has 132 valence electrons. The minimum atomic E-state index is -0.0867. The van der Waals surface area contributed by atoms with Gasteiger partial charge in [0.2, 0.25) is 0 Å². The van der Waals surface area contributed by atoms with Gasteiger partial charge < -0.3 is 9.40 Å². The predicted molar refractivity (Wildman–Crippen MR) is 99.6 cm³/mol. The normalized spacial score (nSPS) is 14.3. The van der Waals surface area contributed by atoms with Crippen LogP contribution in [0.3, 0.4) is 0 Å². The van der Waals surface area contributed by atoms with Crippen molar-refractivity contribution in [2.24, 2.45) is 0 Å². The Hall–Kier alpha value is -2.39. The van der Waals surface area contributed by atoms with Gasteiger partial charge in [0.25, 0.3) is 5.56 Å². The van der Waals surface area contributed by atoms with Crippen LogP contribution in [0.1, 0.15) is 36.2 Å². The molecule has 0 saturated heterocycles. The van der Waals surface area contributed by atoms with Crippen molar-refractivity contribution in [3.8, 4) is 0 Å². The first-order valence-electron chi connectivity index (χ1n) is 8.32. The third-order valence-electron chi connectivity index (χ3n) is 4.28. The van der Waals surface area contributed by atoms with Crippen LogP contribution in [0.25, 0.3) is 10.2 Å². The van der Waals surface area contributed by atoms with Crippen LogP contribution in [-0.4, -0.2) is 24.7 Å². The highest BCUT2D eigenvalue weighted by Gasteiger charge is 2.30. The summed E-state index contributed by atoms with van der Waals surface area (Å²) in [5.74, 6) is 3.55. The number of thioether (sulfide) groups is 1. The lowest BCUT2D eigenvalue weighted by atomic mass is 10.3. The van der Waals surface area contributed by atoms with Crippen LogP contribution in [0.5, 0.6) is 0 Å². The number of H-pyrrole nitrogens is 1. The number of aromatic amines is 1. The molecule has 4 aromatic heterocycles. The molecule has 0 bridgehead atoms. The minimum Gasteiger partial charge on any atom is -0.467 e. The fourth-order valence-electron chi connectivity index (χ4n) is 2.88. The number of aromatic nitrogens is 5. The first kappa shape index (κ1) is 15.8. The van der Waals surface area contributed by atoms with Gasteiger partial charge in [-0.25, -0.2) is 4.98 Å². The van der Waals surface area contributed by atoms with Gasteiger partial charge in [-0.3, -0.25) is 9.36 Å². The van der Waals surface area contributed by atoms with Crippen molar-refractivity contribution in [2.45, 2.75) is 36.2 Å². The highest BCUT2D eigenvalue weighted by molar-refractivity contribution is 7.98. The van der Waals surface area contributed by atoms with Crippen molar-refractivity contribution >= 4 is 33.3 Å². The molecule has 0 aliphatic heterocycles. The second-order valence-corrected chi connectivity index (χ2v) is 8.08. The molecular weight excluding hydrogens is 370 g/mol. The lowest BCUT2D eigenvalue weighted by molar-refractivity contribution is 0.478. The van der Waals surface area contributed by atoms with Gasteiger partial charge in [0.15, 0.2) is 5.16 Å². The molecule has 26 heavy (non-hydrogen) atoms. The Bertz CT molecular complexity index is 1110. The summed E-state index contributed by atoms with van der Waals surface area (Å²) in [6, 6.07) is 5.71. The molecular formula is C17H15N5O2S2. The Labute approximate surface area is 156 Å². The fourth-order valence-corrected chi connectivity index (χ4v) is 4.42. The van der Waals surface area contributed by atoms with Gasteiger partial charge in [-0.2, -0.15) is 0 Å². The summed E-state index contributed by atoms with van der Waals surface area (Å²) in [6.45, 7) is 0.613. The molecule has 7 nitrogen and oxygen atoms in total. The van der Waals surface area contributed by atoms with Crippen LogP contribution in [0.15, 0.2) is 44.2 Å². The minimum absolute atomic E-state index is 0.0867.